The molecule has 1 aliphatic rings. The zero-order valence-electron chi connectivity index (χ0n) is 10.6. The number of phenols is 1. The van der Waals surface area contributed by atoms with E-state index < -0.39 is 0 Å². The van der Waals surface area contributed by atoms with Crippen molar-refractivity contribution in [3.63, 3.8) is 0 Å². The van der Waals surface area contributed by atoms with Crippen molar-refractivity contribution in [2.75, 3.05) is 23.7 Å². The quantitative estimate of drug-likeness (QED) is 0.577. The Morgan fingerprint density at radius 2 is 2.06 bits per heavy atom. The molecule has 1 heterocycles. The number of benzene rings is 1. The van der Waals surface area contributed by atoms with Gasteiger partial charge in [-0.15, -0.1) is 0 Å². The van der Waals surface area contributed by atoms with Crippen LogP contribution in [0.15, 0.2) is 17.1 Å². The van der Waals surface area contributed by atoms with Crippen LogP contribution in [0.4, 0.5) is 11.4 Å². The van der Waals surface area contributed by atoms with Gasteiger partial charge in [0.05, 0.1) is 24.3 Å². The van der Waals surface area contributed by atoms with Gasteiger partial charge in [-0.25, -0.2) is 0 Å². The van der Waals surface area contributed by atoms with Crippen molar-refractivity contribution in [2.45, 2.75) is 26.2 Å². The molecule has 1 aromatic carbocycles. The third-order valence-electron chi connectivity index (χ3n) is 2.99. The second-order valence-electron chi connectivity index (χ2n) is 5.40. The fourth-order valence-corrected chi connectivity index (χ4v) is 1.86. The van der Waals surface area contributed by atoms with Crippen molar-refractivity contribution in [2.24, 2.45) is 4.99 Å². The number of nitrogen functional groups attached to an aromatic ring is 1. The maximum absolute atomic E-state index is 10.0. The summed E-state index contributed by atoms with van der Waals surface area (Å²) in [4.78, 5) is 6.08. The second-order valence-corrected chi connectivity index (χ2v) is 5.40. The van der Waals surface area contributed by atoms with Crippen LogP contribution in [-0.4, -0.2) is 24.5 Å². The summed E-state index contributed by atoms with van der Waals surface area (Å²) < 4.78 is 0. The zero-order chi connectivity index (χ0) is 12.6. The average Bonchev–Trinajstić information content (AvgIpc) is 2.73. The number of rotatable bonds is 1. The van der Waals surface area contributed by atoms with Gasteiger partial charge in [-0.1, -0.05) is 20.8 Å². The minimum Gasteiger partial charge on any atom is -0.504 e. The monoisotopic (exact) mass is 233 g/mol. The van der Waals surface area contributed by atoms with E-state index in [9.17, 15) is 5.11 Å². The first-order chi connectivity index (χ1) is 7.89. The highest BCUT2D eigenvalue weighted by molar-refractivity contribution is 5.86. The first kappa shape index (κ1) is 11.8. The van der Waals surface area contributed by atoms with Crippen LogP contribution in [-0.2, 0) is 5.41 Å². The molecule has 2 rings (SSSR count). The largest absolute Gasteiger partial charge is 0.504 e. The Hall–Kier alpha value is -1.71. The Balaban J connectivity index is 2.50. The molecule has 17 heavy (non-hydrogen) atoms. The summed E-state index contributed by atoms with van der Waals surface area (Å²) in [5, 5.41) is 10.0. The van der Waals surface area contributed by atoms with E-state index in [0.717, 1.165) is 24.3 Å². The van der Waals surface area contributed by atoms with Crippen LogP contribution >= 0.6 is 0 Å². The molecule has 0 aliphatic carbocycles. The summed E-state index contributed by atoms with van der Waals surface area (Å²) in [6.45, 7) is 7.93. The lowest BCUT2D eigenvalue weighted by molar-refractivity contribution is 0.477. The molecule has 4 heteroatoms. The van der Waals surface area contributed by atoms with E-state index in [4.69, 9.17) is 5.73 Å². The van der Waals surface area contributed by atoms with E-state index in [0.29, 0.717) is 5.69 Å². The Morgan fingerprint density at radius 1 is 1.35 bits per heavy atom. The summed E-state index contributed by atoms with van der Waals surface area (Å²) >= 11 is 0. The van der Waals surface area contributed by atoms with Crippen molar-refractivity contribution in [1.29, 1.82) is 0 Å². The summed E-state index contributed by atoms with van der Waals surface area (Å²) in [7, 11) is 0. The lowest BCUT2D eigenvalue weighted by Crippen LogP contribution is -2.20. The Morgan fingerprint density at radius 3 is 2.59 bits per heavy atom. The normalized spacial score (nSPS) is 15.6. The number of aliphatic imine (C=N–C) groups is 1. The van der Waals surface area contributed by atoms with Crippen LogP contribution in [0.1, 0.15) is 26.3 Å². The molecule has 0 spiro atoms. The van der Waals surface area contributed by atoms with Crippen LogP contribution in [0.2, 0.25) is 0 Å². The molecule has 0 aromatic heterocycles. The number of hydrogen-bond acceptors (Lipinski definition) is 4. The summed E-state index contributed by atoms with van der Waals surface area (Å²) in [6.07, 6.45) is 1.75. The maximum atomic E-state index is 10.0. The summed E-state index contributed by atoms with van der Waals surface area (Å²) in [5.74, 6) is 0.145. The molecule has 0 atom stereocenters. The highest BCUT2D eigenvalue weighted by atomic mass is 16.3. The van der Waals surface area contributed by atoms with Gasteiger partial charge in [0.25, 0.3) is 0 Å². The molecule has 0 fully saturated rings. The van der Waals surface area contributed by atoms with Crippen LogP contribution in [0.5, 0.6) is 5.75 Å². The standard InChI is InChI=1S/C13H19N3O/c1-13(2,3)9-6-10(14)12(17)11(7-9)16-5-4-15-8-16/h6-8,17H,4-5,14H2,1-3H3. The van der Waals surface area contributed by atoms with E-state index >= 15 is 0 Å². The van der Waals surface area contributed by atoms with E-state index in [1.54, 1.807) is 6.34 Å². The van der Waals surface area contributed by atoms with Crippen LogP contribution in [0, 0.1) is 0 Å². The molecule has 0 bridgehead atoms. The van der Waals surface area contributed by atoms with Crippen molar-refractivity contribution in [1.82, 2.24) is 0 Å². The predicted octanol–water partition coefficient (Wildman–Crippen LogP) is 2.12. The minimum absolute atomic E-state index is 0.00738. The van der Waals surface area contributed by atoms with Crippen molar-refractivity contribution in [3.05, 3.63) is 17.7 Å². The summed E-state index contributed by atoms with van der Waals surface area (Å²) in [5.41, 5.74) is 8.16. The second kappa shape index (κ2) is 3.95. The van der Waals surface area contributed by atoms with E-state index in [1.807, 2.05) is 17.0 Å². The average molecular weight is 233 g/mol. The molecule has 0 unspecified atom stereocenters. The predicted molar refractivity (Wildman–Crippen MR) is 71.9 cm³/mol. The molecule has 0 amide bonds. The molecule has 4 nitrogen and oxygen atoms in total. The van der Waals surface area contributed by atoms with Gasteiger partial charge in [0.2, 0.25) is 0 Å². The molecule has 1 aliphatic heterocycles. The van der Waals surface area contributed by atoms with E-state index in [1.165, 1.54) is 0 Å². The minimum atomic E-state index is 0.00738. The van der Waals surface area contributed by atoms with Crippen molar-refractivity contribution in [3.8, 4) is 5.75 Å². The summed E-state index contributed by atoms with van der Waals surface area (Å²) in [6, 6.07) is 3.83. The van der Waals surface area contributed by atoms with Crippen LogP contribution in [0.25, 0.3) is 0 Å². The lowest BCUT2D eigenvalue weighted by Gasteiger charge is -2.24. The third-order valence-corrected chi connectivity index (χ3v) is 2.99. The van der Waals surface area contributed by atoms with E-state index in [2.05, 4.69) is 25.8 Å². The maximum Gasteiger partial charge on any atom is 0.162 e. The molecule has 0 radical (unpaired) electrons. The van der Waals surface area contributed by atoms with Crippen LogP contribution < -0.4 is 10.6 Å². The molecule has 92 valence electrons. The Labute approximate surface area is 102 Å². The number of nitrogens with two attached hydrogens (primary N) is 1. The first-order valence-corrected chi connectivity index (χ1v) is 5.79. The number of aromatic hydroxyl groups is 1. The highest BCUT2D eigenvalue weighted by Crippen LogP contribution is 2.38. The molecule has 0 saturated carbocycles. The fraction of sp³-hybridized carbons (Fsp3) is 0.462. The molecular weight excluding hydrogens is 214 g/mol. The first-order valence-electron chi connectivity index (χ1n) is 5.79. The topological polar surface area (TPSA) is 61.9 Å². The Kier molecular flexibility index (Phi) is 2.73. The van der Waals surface area contributed by atoms with Gasteiger partial charge < -0.3 is 15.7 Å². The van der Waals surface area contributed by atoms with Gasteiger partial charge in [-0.3, -0.25) is 4.99 Å². The van der Waals surface area contributed by atoms with Gasteiger partial charge in [0.15, 0.2) is 5.75 Å². The van der Waals surface area contributed by atoms with Gasteiger partial charge in [0, 0.05) is 6.54 Å². The molecular formula is C13H19N3O. The lowest BCUT2D eigenvalue weighted by atomic mass is 9.86. The number of anilines is 2. The third kappa shape index (κ3) is 2.20. The number of hydrogen-bond donors (Lipinski definition) is 2. The van der Waals surface area contributed by atoms with Crippen LogP contribution in [0.3, 0.4) is 0 Å². The van der Waals surface area contributed by atoms with E-state index in [-0.39, 0.29) is 11.2 Å². The number of nitrogens with zero attached hydrogens (tertiary/aromatic N) is 2. The van der Waals surface area contributed by atoms with Gasteiger partial charge in [0.1, 0.15) is 0 Å². The Bertz CT molecular complexity index is 460. The van der Waals surface area contributed by atoms with Gasteiger partial charge in [-0.05, 0) is 23.1 Å². The van der Waals surface area contributed by atoms with Gasteiger partial charge >= 0.3 is 0 Å². The molecule has 3 N–H and O–H groups in total. The fourth-order valence-electron chi connectivity index (χ4n) is 1.86. The zero-order valence-corrected chi connectivity index (χ0v) is 10.6. The molecule has 0 saturated heterocycles. The smallest absolute Gasteiger partial charge is 0.162 e. The van der Waals surface area contributed by atoms with Crippen molar-refractivity contribution >= 4 is 17.7 Å². The van der Waals surface area contributed by atoms with Crippen molar-refractivity contribution < 1.29 is 5.11 Å². The number of phenolic OH excluding ortho intramolecular Hbond substituents is 1. The molecule has 1 aromatic rings. The highest BCUT2D eigenvalue weighted by Gasteiger charge is 2.21. The van der Waals surface area contributed by atoms with Gasteiger partial charge in [-0.2, -0.15) is 0 Å². The SMILES string of the molecule is CC(C)(C)c1cc(N)c(O)c(N2C=NCC2)c1.